The average molecular weight is 271 g/mol. The van der Waals surface area contributed by atoms with Crippen molar-refractivity contribution in [1.82, 2.24) is 5.32 Å². The number of hydrogen-bond donors (Lipinski definition) is 2. The largest absolute Gasteiger partial charge is 0.452 e. The van der Waals surface area contributed by atoms with Crippen LogP contribution in [0, 0.1) is 0 Å². The van der Waals surface area contributed by atoms with Gasteiger partial charge in [0.25, 0.3) is 5.91 Å². The molecule has 5 nitrogen and oxygen atoms in total. The minimum atomic E-state index is -0.636. The van der Waals surface area contributed by atoms with Crippen LogP contribution in [0.4, 0.5) is 5.69 Å². The predicted molar refractivity (Wildman–Crippen MR) is 69.4 cm³/mol. The third-order valence-corrected chi connectivity index (χ3v) is 2.16. The molecule has 3 N–H and O–H groups in total. The second kappa shape index (κ2) is 6.26. The van der Waals surface area contributed by atoms with Crippen LogP contribution in [0.25, 0.3) is 0 Å². The predicted octanol–water partition coefficient (Wildman–Crippen LogP) is 1.60. The Balaban J connectivity index is 2.58. The van der Waals surface area contributed by atoms with E-state index in [-0.39, 0.29) is 24.1 Å². The molecule has 0 fully saturated rings. The summed E-state index contributed by atoms with van der Waals surface area (Å²) in [7, 11) is 0. The van der Waals surface area contributed by atoms with Gasteiger partial charge >= 0.3 is 5.97 Å². The van der Waals surface area contributed by atoms with Gasteiger partial charge in [-0.15, -0.1) is 0 Å². The highest BCUT2D eigenvalue weighted by Gasteiger charge is 2.11. The lowest BCUT2D eigenvalue weighted by Gasteiger charge is -2.09. The summed E-state index contributed by atoms with van der Waals surface area (Å²) in [4.78, 5) is 22.9. The third-order valence-electron chi connectivity index (χ3n) is 1.94. The van der Waals surface area contributed by atoms with E-state index in [0.29, 0.717) is 10.7 Å². The summed E-state index contributed by atoms with van der Waals surface area (Å²) in [5.74, 6) is -0.989. The highest BCUT2D eigenvalue weighted by Crippen LogP contribution is 2.17. The van der Waals surface area contributed by atoms with Crippen LogP contribution in [-0.2, 0) is 9.53 Å². The molecule has 1 rings (SSSR count). The molecule has 18 heavy (non-hydrogen) atoms. The Morgan fingerprint density at radius 3 is 2.61 bits per heavy atom. The Morgan fingerprint density at radius 2 is 2.06 bits per heavy atom. The second-order valence-electron chi connectivity index (χ2n) is 4.07. The van der Waals surface area contributed by atoms with Crippen LogP contribution in [-0.4, -0.2) is 24.5 Å². The minimum Gasteiger partial charge on any atom is -0.452 e. The summed E-state index contributed by atoms with van der Waals surface area (Å²) in [5, 5.41) is 2.95. The molecular formula is C12H15ClN2O3. The molecule has 0 aliphatic rings. The molecule has 0 radical (unpaired) electrons. The van der Waals surface area contributed by atoms with E-state index >= 15 is 0 Å². The number of carbonyl (C=O) groups excluding carboxylic acids is 2. The van der Waals surface area contributed by atoms with E-state index in [9.17, 15) is 9.59 Å². The van der Waals surface area contributed by atoms with Gasteiger partial charge in [-0.3, -0.25) is 4.79 Å². The fourth-order valence-corrected chi connectivity index (χ4v) is 1.55. The van der Waals surface area contributed by atoms with Gasteiger partial charge in [-0.25, -0.2) is 4.79 Å². The molecule has 1 amide bonds. The van der Waals surface area contributed by atoms with Crippen LogP contribution >= 0.6 is 11.6 Å². The molecule has 98 valence electrons. The van der Waals surface area contributed by atoms with Crippen molar-refractivity contribution in [1.29, 1.82) is 0 Å². The highest BCUT2D eigenvalue weighted by atomic mass is 35.5. The van der Waals surface area contributed by atoms with Gasteiger partial charge in [0.15, 0.2) is 6.61 Å². The molecule has 0 spiro atoms. The number of benzene rings is 1. The first-order valence-corrected chi connectivity index (χ1v) is 5.79. The van der Waals surface area contributed by atoms with Crippen molar-refractivity contribution in [3.8, 4) is 0 Å². The quantitative estimate of drug-likeness (QED) is 0.643. The summed E-state index contributed by atoms with van der Waals surface area (Å²) in [6.45, 7) is 3.30. The van der Waals surface area contributed by atoms with Crippen LogP contribution in [0.1, 0.15) is 24.2 Å². The normalized spacial score (nSPS) is 10.2. The molecule has 0 unspecified atom stereocenters. The van der Waals surface area contributed by atoms with Crippen LogP contribution in [0.2, 0.25) is 5.02 Å². The second-order valence-corrected chi connectivity index (χ2v) is 4.51. The summed E-state index contributed by atoms with van der Waals surface area (Å²) in [6, 6.07) is 4.39. The molecule has 0 heterocycles. The van der Waals surface area contributed by atoms with Gasteiger partial charge in [-0.2, -0.15) is 0 Å². The number of esters is 1. The molecule has 0 aliphatic heterocycles. The van der Waals surface area contributed by atoms with Crippen molar-refractivity contribution in [2.45, 2.75) is 19.9 Å². The minimum absolute atomic E-state index is 0.00184. The Bertz CT molecular complexity index is 440. The van der Waals surface area contributed by atoms with Crippen molar-refractivity contribution in [3.05, 3.63) is 28.8 Å². The highest BCUT2D eigenvalue weighted by molar-refractivity contribution is 6.31. The topological polar surface area (TPSA) is 81.4 Å². The Labute approximate surface area is 110 Å². The number of amides is 1. The lowest BCUT2D eigenvalue weighted by Crippen LogP contribution is -2.33. The van der Waals surface area contributed by atoms with E-state index in [1.165, 1.54) is 18.2 Å². The number of nitrogens with one attached hydrogen (secondary N) is 1. The van der Waals surface area contributed by atoms with Gasteiger partial charge < -0.3 is 15.8 Å². The van der Waals surface area contributed by atoms with Gasteiger partial charge in [0.1, 0.15) is 0 Å². The van der Waals surface area contributed by atoms with Crippen LogP contribution < -0.4 is 11.1 Å². The van der Waals surface area contributed by atoms with Gasteiger partial charge in [-0.05, 0) is 32.0 Å². The number of halogens is 1. The van der Waals surface area contributed by atoms with E-state index in [0.717, 1.165) is 0 Å². The molecule has 0 aliphatic carbocycles. The van der Waals surface area contributed by atoms with Crippen molar-refractivity contribution in [3.63, 3.8) is 0 Å². The van der Waals surface area contributed by atoms with E-state index < -0.39 is 5.97 Å². The van der Waals surface area contributed by atoms with Crippen LogP contribution in [0.3, 0.4) is 0 Å². The van der Waals surface area contributed by atoms with Gasteiger partial charge in [0.2, 0.25) is 0 Å². The number of hydrogen-bond acceptors (Lipinski definition) is 4. The van der Waals surface area contributed by atoms with Gasteiger partial charge in [0, 0.05) is 16.8 Å². The number of ether oxygens (including phenoxy) is 1. The van der Waals surface area contributed by atoms with Crippen molar-refractivity contribution >= 4 is 29.2 Å². The molecule has 0 aromatic heterocycles. The van der Waals surface area contributed by atoms with E-state index in [1.807, 2.05) is 13.8 Å². The SMILES string of the molecule is CC(C)NC(=O)COC(=O)c1cc(N)cc(Cl)c1. The molecule has 0 saturated carbocycles. The van der Waals surface area contributed by atoms with E-state index in [1.54, 1.807) is 0 Å². The van der Waals surface area contributed by atoms with Crippen molar-refractivity contribution < 1.29 is 14.3 Å². The number of nitrogens with two attached hydrogens (primary N) is 1. The smallest absolute Gasteiger partial charge is 0.338 e. The number of anilines is 1. The molecule has 0 bridgehead atoms. The molecular weight excluding hydrogens is 256 g/mol. The first-order valence-electron chi connectivity index (χ1n) is 5.41. The number of rotatable bonds is 4. The zero-order valence-corrected chi connectivity index (χ0v) is 11.0. The first-order chi connectivity index (χ1) is 8.38. The maximum absolute atomic E-state index is 11.6. The van der Waals surface area contributed by atoms with Gasteiger partial charge in [0.05, 0.1) is 5.56 Å². The molecule has 0 atom stereocenters. The molecule has 6 heteroatoms. The van der Waals surface area contributed by atoms with Gasteiger partial charge in [-0.1, -0.05) is 11.6 Å². The lowest BCUT2D eigenvalue weighted by molar-refractivity contribution is -0.124. The van der Waals surface area contributed by atoms with Crippen LogP contribution in [0.15, 0.2) is 18.2 Å². The van der Waals surface area contributed by atoms with Crippen molar-refractivity contribution in [2.24, 2.45) is 0 Å². The Hall–Kier alpha value is -1.75. The summed E-state index contributed by atoms with van der Waals surface area (Å²) in [6.07, 6.45) is 0. The first kappa shape index (κ1) is 14.3. The lowest BCUT2D eigenvalue weighted by atomic mass is 10.2. The molecule has 1 aromatic carbocycles. The monoisotopic (exact) mass is 270 g/mol. The third kappa shape index (κ3) is 4.63. The zero-order chi connectivity index (χ0) is 13.7. The standard InChI is InChI=1S/C12H15ClN2O3/c1-7(2)15-11(16)6-18-12(17)8-3-9(13)5-10(14)4-8/h3-5,7H,6,14H2,1-2H3,(H,15,16). The molecule has 0 saturated heterocycles. The Kier molecular flexibility index (Phi) is 4.97. The molecule has 1 aromatic rings. The van der Waals surface area contributed by atoms with E-state index in [2.05, 4.69) is 5.32 Å². The summed E-state index contributed by atoms with van der Waals surface area (Å²) < 4.78 is 4.84. The number of carbonyl (C=O) groups is 2. The fourth-order valence-electron chi connectivity index (χ4n) is 1.31. The maximum atomic E-state index is 11.6. The maximum Gasteiger partial charge on any atom is 0.338 e. The van der Waals surface area contributed by atoms with Crippen LogP contribution in [0.5, 0.6) is 0 Å². The fraction of sp³-hybridized carbons (Fsp3) is 0.333. The Morgan fingerprint density at radius 1 is 1.39 bits per heavy atom. The summed E-state index contributed by atoms with van der Waals surface area (Å²) >= 11 is 5.76. The number of nitrogen functional groups attached to an aromatic ring is 1. The average Bonchev–Trinajstić information content (AvgIpc) is 2.23. The van der Waals surface area contributed by atoms with E-state index in [4.69, 9.17) is 22.1 Å². The summed E-state index contributed by atoms with van der Waals surface area (Å²) in [5.41, 5.74) is 6.13. The zero-order valence-electron chi connectivity index (χ0n) is 10.2. The van der Waals surface area contributed by atoms with Crippen molar-refractivity contribution in [2.75, 3.05) is 12.3 Å².